The Bertz CT molecular complexity index is 156. The van der Waals surface area contributed by atoms with Crippen molar-refractivity contribution < 1.29 is 0 Å². The van der Waals surface area contributed by atoms with E-state index in [9.17, 15) is 0 Å². The minimum absolute atomic E-state index is 0.0496. The molecule has 0 aromatic rings. The Morgan fingerprint density at radius 2 is 1.06 bits per heavy atom. The van der Waals surface area contributed by atoms with Gasteiger partial charge in [-0.1, -0.05) is 57.8 Å². The van der Waals surface area contributed by atoms with Crippen molar-refractivity contribution in [2.45, 2.75) is 82.6 Å². The number of hydrogen-bond donors (Lipinski definition) is 2. The van der Waals surface area contributed by atoms with E-state index in [0.29, 0.717) is 0 Å². The number of rotatable bonds is 2. The average molecular weight is 226 g/mol. The number of nitrogens with two attached hydrogens (primary N) is 2. The molecule has 0 heterocycles. The van der Waals surface area contributed by atoms with Crippen LogP contribution in [0.1, 0.15) is 77.0 Å². The van der Waals surface area contributed by atoms with Crippen LogP contribution in [0, 0.1) is 0 Å². The highest BCUT2D eigenvalue weighted by atomic mass is 14.7. The molecule has 0 amide bonds. The summed E-state index contributed by atoms with van der Waals surface area (Å²) in [6.45, 7) is 0.747. The molecule has 1 fully saturated rings. The maximum absolute atomic E-state index is 6.47. The molecule has 0 saturated heterocycles. The van der Waals surface area contributed by atoms with Gasteiger partial charge >= 0.3 is 0 Å². The molecule has 0 aromatic heterocycles. The molecule has 1 saturated carbocycles. The first-order chi connectivity index (χ1) is 7.77. The van der Waals surface area contributed by atoms with Crippen LogP contribution in [0.15, 0.2) is 0 Å². The summed E-state index contributed by atoms with van der Waals surface area (Å²) in [4.78, 5) is 0. The van der Waals surface area contributed by atoms with E-state index in [1.54, 1.807) is 0 Å². The maximum Gasteiger partial charge on any atom is 0.0166 e. The van der Waals surface area contributed by atoms with Gasteiger partial charge in [0.2, 0.25) is 0 Å². The van der Waals surface area contributed by atoms with Crippen molar-refractivity contribution >= 4 is 0 Å². The molecule has 0 unspecified atom stereocenters. The van der Waals surface area contributed by atoms with Gasteiger partial charge in [-0.05, 0) is 25.8 Å². The van der Waals surface area contributed by atoms with Crippen LogP contribution in [0.3, 0.4) is 0 Å². The standard InChI is InChI=1S/C14H30N2/c15-13-12-14(16)10-8-6-4-2-1-3-5-7-9-11-14/h1-13,15-16H2. The lowest BCUT2D eigenvalue weighted by atomic mass is 9.84. The molecule has 0 radical (unpaired) electrons. The van der Waals surface area contributed by atoms with Crippen LogP contribution < -0.4 is 11.5 Å². The summed E-state index contributed by atoms with van der Waals surface area (Å²) in [7, 11) is 0. The molecule has 96 valence electrons. The minimum atomic E-state index is 0.0496. The van der Waals surface area contributed by atoms with E-state index in [1.165, 1.54) is 70.6 Å². The van der Waals surface area contributed by atoms with E-state index in [1.807, 2.05) is 0 Å². The Labute approximate surface area is 101 Å². The van der Waals surface area contributed by atoms with Crippen molar-refractivity contribution in [3.05, 3.63) is 0 Å². The number of hydrogen-bond acceptors (Lipinski definition) is 2. The lowest BCUT2D eigenvalue weighted by Gasteiger charge is -2.29. The van der Waals surface area contributed by atoms with E-state index in [4.69, 9.17) is 11.5 Å². The lowest BCUT2D eigenvalue weighted by Crippen LogP contribution is -2.41. The second-order valence-corrected chi connectivity index (χ2v) is 5.58. The third-order valence-electron chi connectivity index (χ3n) is 3.99. The van der Waals surface area contributed by atoms with Crippen molar-refractivity contribution in [3.8, 4) is 0 Å². The van der Waals surface area contributed by atoms with Gasteiger partial charge in [0.25, 0.3) is 0 Å². The molecule has 0 spiro atoms. The smallest absolute Gasteiger partial charge is 0.0166 e. The third kappa shape index (κ3) is 5.86. The first-order valence-corrected chi connectivity index (χ1v) is 7.26. The van der Waals surface area contributed by atoms with Crippen LogP contribution in [0.2, 0.25) is 0 Å². The molecular weight excluding hydrogens is 196 g/mol. The normalized spacial score (nSPS) is 24.4. The Morgan fingerprint density at radius 3 is 1.44 bits per heavy atom. The second kappa shape index (κ2) is 8.08. The van der Waals surface area contributed by atoms with Gasteiger partial charge in [-0.3, -0.25) is 0 Å². The molecule has 16 heavy (non-hydrogen) atoms. The molecule has 0 aromatic carbocycles. The lowest BCUT2D eigenvalue weighted by molar-refractivity contribution is 0.314. The summed E-state index contributed by atoms with van der Waals surface area (Å²) in [5.41, 5.74) is 12.2. The van der Waals surface area contributed by atoms with Gasteiger partial charge in [0.1, 0.15) is 0 Å². The summed E-state index contributed by atoms with van der Waals surface area (Å²) in [6, 6.07) is 0. The summed E-state index contributed by atoms with van der Waals surface area (Å²) in [5, 5.41) is 0. The SMILES string of the molecule is NCCC1(N)CCCCCCCCCCC1. The molecular formula is C14H30N2. The summed E-state index contributed by atoms with van der Waals surface area (Å²) < 4.78 is 0. The zero-order chi connectivity index (χ0) is 11.7. The predicted octanol–water partition coefficient (Wildman–Crippen LogP) is 3.34. The Kier molecular flexibility index (Phi) is 7.06. The van der Waals surface area contributed by atoms with Crippen LogP contribution in [0.5, 0.6) is 0 Å². The molecule has 0 bridgehead atoms. The van der Waals surface area contributed by atoms with Gasteiger partial charge in [-0.2, -0.15) is 0 Å². The minimum Gasteiger partial charge on any atom is -0.330 e. The van der Waals surface area contributed by atoms with Crippen molar-refractivity contribution in [1.29, 1.82) is 0 Å². The molecule has 1 aliphatic rings. The van der Waals surface area contributed by atoms with E-state index >= 15 is 0 Å². The van der Waals surface area contributed by atoms with Crippen molar-refractivity contribution in [1.82, 2.24) is 0 Å². The zero-order valence-electron chi connectivity index (χ0n) is 10.8. The third-order valence-corrected chi connectivity index (χ3v) is 3.99. The molecule has 1 rings (SSSR count). The van der Waals surface area contributed by atoms with Gasteiger partial charge in [0.15, 0.2) is 0 Å². The van der Waals surface area contributed by atoms with Crippen LogP contribution in [-0.2, 0) is 0 Å². The molecule has 1 aliphatic carbocycles. The van der Waals surface area contributed by atoms with Crippen molar-refractivity contribution in [3.63, 3.8) is 0 Å². The molecule has 0 atom stereocenters. The fourth-order valence-electron chi connectivity index (χ4n) is 2.85. The largest absolute Gasteiger partial charge is 0.330 e. The zero-order valence-corrected chi connectivity index (χ0v) is 10.8. The summed E-state index contributed by atoms with van der Waals surface area (Å²) in [5.74, 6) is 0. The van der Waals surface area contributed by atoms with Gasteiger partial charge in [-0.15, -0.1) is 0 Å². The van der Waals surface area contributed by atoms with Crippen molar-refractivity contribution in [2.75, 3.05) is 6.54 Å². The van der Waals surface area contributed by atoms with E-state index < -0.39 is 0 Å². The fraction of sp³-hybridized carbons (Fsp3) is 1.00. The van der Waals surface area contributed by atoms with Crippen LogP contribution >= 0.6 is 0 Å². The molecule has 2 heteroatoms. The monoisotopic (exact) mass is 226 g/mol. The maximum atomic E-state index is 6.47. The highest BCUT2D eigenvalue weighted by Crippen LogP contribution is 2.24. The van der Waals surface area contributed by atoms with Crippen LogP contribution in [0.4, 0.5) is 0 Å². The Balaban J connectivity index is 2.35. The van der Waals surface area contributed by atoms with E-state index in [2.05, 4.69) is 0 Å². The van der Waals surface area contributed by atoms with Gasteiger partial charge in [0, 0.05) is 5.54 Å². The van der Waals surface area contributed by atoms with Crippen molar-refractivity contribution in [2.24, 2.45) is 11.5 Å². The fourth-order valence-corrected chi connectivity index (χ4v) is 2.85. The predicted molar refractivity (Wildman–Crippen MR) is 71.4 cm³/mol. The first kappa shape index (κ1) is 14.0. The highest BCUT2D eigenvalue weighted by molar-refractivity contribution is 4.84. The topological polar surface area (TPSA) is 52.0 Å². The highest BCUT2D eigenvalue weighted by Gasteiger charge is 2.22. The molecule has 4 N–H and O–H groups in total. The average Bonchev–Trinajstić information content (AvgIpc) is 2.24. The second-order valence-electron chi connectivity index (χ2n) is 5.58. The van der Waals surface area contributed by atoms with Crippen LogP contribution in [0.25, 0.3) is 0 Å². The summed E-state index contributed by atoms with van der Waals surface area (Å²) in [6.07, 6.45) is 15.8. The van der Waals surface area contributed by atoms with Gasteiger partial charge in [0.05, 0.1) is 0 Å². The first-order valence-electron chi connectivity index (χ1n) is 7.26. The van der Waals surface area contributed by atoms with Crippen LogP contribution in [-0.4, -0.2) is 12.1 Å². The summed E-state index contributed by atoms with van der Waals surface area (Å²) >= 11 is 0. The molecule has 2 nitrogen and oxygen atoms in total. The van der Waals surface area contributed by atoms with Gasteiger partial charge < -0.3 is 11.5 Å². The molecule has 0 aliphatic heterocycles. The quantitative estimate of drug-likeness (QED) is 0.758. The Morgan fingerprint density at radius 1 is 0.688 bits per heavy atom. The van der Waals surface area contributed by atoms with Gasteiger partial charge in [-0.25, -0.2) is 0 Å². The van der Waals surface area contributed by atoms with E-state index in [-0.39, 0.29) is 5.54 Å². The van der Waals surface area contributed by atoms with E-state index in [0.717, 1.165) is 13.0 Å². The Hall–Kier alpha value is -0.0800.